The maximum atomic E-state index is 12.9. The highest BCUT2D eigenvalue weighted by molar-refractivity contribution is 7.19. The molecule has 4 aromatic rings. The third-order valence-corrected chi connectivity index (χ3v) is 5.64. The van der Waals surface area contributed by atoms with Crippen LogP contribution in [0.15, 0.2) is 78.9 Å². The number of ether oxygens (including phenoxy) is 1. The summed E-state index contributed by atoms with van der Waals surface area (Å²) in [6.07, 6.45) is -4.36. The molecule has 0 bridgehead atoms. The number of alkyl halides is 3. The number of halogens is 3. The summed E-state index contributed by atoms with van der Waals surface area (Å²) in [5.74, 6) is 0.747. The summed E-state index contributed by atoms with van der Waals surface area (Å²) in [6.45, 7) is 0. The van der Waals surface area contributed by atoms with E-state index in [2.05, 4.69) is 0 Å². The smallest absolute Gasteiger partial charge is 0.416 e. The number of benzene rings is 3. The molecular formula is C23H16F3NOS. The molecule has 0 aliphatic heterocycles. The van der Waals surface area contributed by atoms with Gasteiger partial charge in [0.15, 0.2) is 0 Å². The van der Waals surface area contributed by atoms with E-state index in [1.807, 2.05) is 54.6 Å². The highest BCUT2D eigenvalue weighted by Gasteiger charge is 2.30. The lowest BCUT2D eigenvalue weighted by Crippen LogP contribution is -2.04. The van der Waals surface area contributed by atoms with Crippen molar-refractivity contribution < 1.29 is 17.9 Å². The second kappa shape index (κ2) is 7.72. The predicted octanol–water partition coefficient (Wildman–Crippen LogP) is 7.17. The van der Waals surface area contributed by atoms with Crippen LogP contribution >= 0.6 is 11.3 Å². The van der Waals surface area contributed by atoms with Crippen LogP contribution in [0.5, 0.6) is 5.75 Å². The molecule has 0 saturated carbocycles. The Morgan fingerprint density at radius 2 is 1.38 bits per heavy atom. The predicted molar refractivity (Wildman–Crippen MR) is 110 cm³/mol. The highest BCUT2D eigenvalue weighted by atomic mass is 32.1. The van der Waals surface area contributed by atoms with Crippen LogP contribution in [0.1, 0.15) is 5.56 Å². The van der Waals surface area contributed by atoms with Crippen molar-refractivity contribution in [1.29, 1.82) is 0 Å². The molecule has 0 amide bonds. The summed E-state index contributed by atoms with van der Waals surface area (Å²) in [7, 11) is 1.61. The Morgan fingerprint density at radius 1 is 0.759 bits per heavy atom. The highest BCUT2D eigenvalue weighted by Crippen LogP contribution is 2.41. The molecule has 0 atom stereocenters. The van der Waals surface area contributed by atoms with Gasteiger partial charge in [-0.3, -0.25) is 0 Å². The summed E-state index contributed by atoms with van der Waals surface area (Å²) >= 11 is 1.51. The fourth-order valence-corrected chi connectivity index (χ4v) is 4.07. The van der Waals surface area contributed by atoms with Crippen molar-refractivity contribution in [3.05, 3.63) is 84.4 Å². The molecule has 2 nitrogen and oxygen atoms in total. The summed E-state index contributed by atoms with van der Waals surface area (Å²) < 4.78 is 44.0. The molecule has 0 aliphatic rings. The van der Waals surface area contributed by atoms with Crippen LogP contribution in [0.2, 0.25) is 0 Å². The third kappa shape index (κ3) is 4.03. The van der Waals surface area contributed by atoms with Gasteiger partial charge in [-0.05, 0) is 42.0 Å². The normalized spacial score (nSPS) is 11.4. The SMILES string of the molecule is COc1ccc(-c2nc(-c3ccc(C(F)(F)F)cc3)c(-c3ccccc3)s2)cc1. The Hall–Kier alpha value is -3.12. The zero-order valence-electron chi connectivity index (χ0n) is 15.4. The number of aromatic nitrogens is 1. The van der Waals surface area contributed by atoms with Crippen LogP contribution in [0.3, 0.4) is 0 Å². The number of hydrogen-bond donors (Lipinski definition) is 0. The van der Waals surface area contributed by atoms with Crippen LogP contribution in [-0.4, -0.2) is 12.1 Å². The average molecular weight is 411 g/mol. The number of nitrogens with zero attached hydrogens (tertiary/aromatic N) is 1. The fraction of sp³-hybridized carbons (Fsp3) is 0.0870. The Labute approximate surface area is 170 Å². The number of hydrogen-bond acceptors (Lipinski definition) is 3. The quantitative estimate of drug-likeness (QED) is 0.355. The maximum Gasteiger partial charge on any atom is 0.416 e. The van der Waals surface area contributed by atoms with Gasteiger partial charge < -0.3 is 4.74 Å². The maximum absolute atomic E-state index is 12.9. The number of methoxy groups -OCH3 is 1. The molecule has 0 fully saturated rings. The molecular weight excluding hydrogens is 395 g/mol. The third-order valence-electron chi connectivity index (χ3n) is 4.49. The van der Waals surface area contributed by atoms with Gasteiger partial charge >= 0.3 is 6.18 Å². The second-order valence-corrected chi connectivity index (χ2v) is 7.37. The molecule has 6 heteroatoms. The van der Waals surface area contributed by atoms with Gasteiger partial charge in [0, 0.05) is 11.1 Å². The molecule has 0 aliphatic carbocycles. The summed E-state index contributed by atoms with van der Waals surface area (Å²) in [6, 6.07) is 22.4. The number of thiazole rings is 1. The van der Waals surface area contributed by atoms with E-state index in [9.17, 15) is 13.2 Å². The van der Waals surface area contributed by atoms with E-state index < -0.39 is 11.7 Å². The van der Waals surface area contributed by atoms with Crippen molar-refractivity contribution in [1.82, 2.24) is 4.98 Å². The average Bonchev–Trinajstić information content (AvgIpc) is 3.19. The summed E-state index contributed by atoms with van der Waals surface area (Å²) in [5.41, 5.74) is 2.53. The van der Waals surface area contributed by atoms with Crippen molar-refractivity contribution in [3.8, 4) is 38.0 Å². The Balaban J connectivity index is 1.82. The molecule has 1 heterocycles. The van der Waals surface area contributed by atoms with Crippen LogP contribution in [0.4, 0.5) is 13.2 Å². The molecule has 29 heavy (non-hydrogen) atoms. The van der Waals surface area contributed by atoms with E-state index in [-0.39, 0.29) is 0 Å². The van der Waals surface area contributed by atoms with E-state index in [0.29, 0.717) is 11.3 Å². The second-order valence-electron chi connectivity index (χ2n) is 6.37. The first-order valence-corrected chi connectivity index (χ1v) is 9.65. The Bertz CT molecular complexity index is 1100. The zero-order valence-corrected chi connectivity index (χ0v) is 16.2. The molecule has 0 spiro atoms. The first kappa shape index (κ1) is 19.2. The van der Waals surface area contributed by atoms with E-state index in [4.69, 9.17) is 9.72 Å². The van der Waals surface area contributed by atoms with Crippen LogP contribution in [-0.2, 0) is 6.18 Å². The van der Waals surface area contributed by atoms with Gasteiger partial charge in [0.25, 0.3) is 0 Å². The molecule has 0 radical (unpaired) electrons. The van der Waals surface area contributed by atoms with Crippen LogP contribution < -0.4 is 4.74 Å². The minimum absolute atomic E-state index is 0.646. The van der Waals surface area contributed by atoms with Crippen molar-refractivity contribution in [3.63, 3.8) is 0 Å². The van der Waals surface area contributed by atoms with Gasteiger partial charge in [0.2, 0.25) is 0 Å². The van der Waals surface area contributed by atoms with Crippen molar-refractivity contribution in [2.45, 2.75) is 6.18 Å². The van der Waals surface area contributed by atoms with Crippen LogP contribution in [0, 0.1) is 0 Å². The van der Waals surface area contributed by atoms with E-state index in [1.165, 1.54) is 23.5 Å². The molecule has 3 aromatic carbocycles. The van der Waals surface area contributed by atoms with Gasteiger partial charge in [-0.1, -0.05) is 42.5 Å². The minimum Gasteiger partial charge on any atom is -0.497 e. The largest absolute Gasteiger partial charge is 0.497 e. The van der Waals surface area contributed by atoms with Crippen LogP contribution in [0.25, 0.3) is 32.3 Å². The lowest BCUT2D eigenvalue weighted by molar-refractivity contribution is -0.137. The molecule has 0 N–H and O–H groups in total. The first-order chi connectivity index (χ1) is 14.0. The monoisotopic (exact) mass is 411 g/mol. The molecule has 146 valence electrons. The molecule has 4 rings (SSSR count). The fourth-order valence-electron chi connectivity index (χ4n) is 2.98. The van der Waals surface area contributed by atoms with Crippen molar-refractivity contribution >= 4 is 11.3 Å². The van der Waals surface area contributed by atoms with Gasteiger partial charge in [0.05, 0.1) is 23.2 Å². The summed E-state index contributed by atoms with van der Waals surface area (Å²) in [4.78, 5) is 5.68. The Kier molecular flexibility index (Phi) is 5.11. The lowest BCUT2D eigenvalue weighted by atomic mass is 10.0. The van der Waals surface area contributed by atoms with Gasteiger partial charge in [-0.2, -0.15) is 13.2 Å². The lowest BCUT2D eigenvalue weighted by Gasteiger charge is -2.07. The van der Waals surface area contributed by atoms with E-state index in [0.717, 1.165) is 38.9 Å². The molecule has 1 aromatic heterocycles. The Morgan fingerprint density at radius 3 is 1.97 bits per heavy atom. The standard InChI is InChI=1S/C23H16F3NOS/c1-28-19-13-9-17(10-14-19)22-27-20(21(29-22)16-5-3-2-4-6-16)15-7-11-18(12-8-15)23(24,25)26/h2-14H,1H3. The zero-order chi connectivity index (χ0) is 20.4. The first-order valence-electron chi connectivity index (χ1n) is 8.84. The topological polar surface area (TPSA) is 22.1 Å². The van der Waals surface area contributed by atoms with Gasteiger partial charge in [-0.15, -0.1) is 11.3 Å². The van der Waals surface area contributed by atoms with Gasteiger partial charge in [-0.25, -0.2) is 4.98 Å². The molecule has 0 unspecified atom stereocenters. The van der Waals surface area contributed by atoms with E-state index >= 15 is 0 Å². The molecule has 0 saturated heterocycles. The van der Waals surface area contributed by atoms with Crippen molar-refractivity contribution in [2.24, 2.45) is 0 Å². The minimum atomic E-state index is -4.36. The van der Waals surface area contributed by atoms with Gasteiger partial charge in [0.1, 0.15) is 10.8 Å². The number of rotatable bonds is 4. The van der Waals surface area contributed by atoms with E-state index in [1.54, 1.807) is 7.11 Å². The van der Waals surface area contributed by atoms with Crippen molar-refractivity contribution in [2.75, 3.05) is 7.11 Å². The summed E-state index contributed by atoms with van der Waals surface area (Å²) in [5, 5.41) is 0.793.